The zero-order valence-corrected chi connectivity index (χ0v) is 10.6. The van der Waals surface area contributed by atoms with Crippen LogP contribution in [0.1, 0.15) is 24.2 Å². The van der Waals surface area contributed by atoms with Crippen LogP contribution in [0, 0.1) is 6.92 Å². The van der Waals surface area contributed by atoms with Crippen LogP contribution in [0.4, 0.5) is 6.01 Å². The molecule has 0 atom stereocenters. The van der Waals surface area contributed by atoms with Gasteiger partial charge in [-0.2, -0.15) is 0 Å². The number of nitrogens with two attached hydrogens (primary N) is 1. The molecule has 0 radical (unpaired) electrons. The fraction of sp³-hybridized carbons (Fsp3) is 0.417. The number of aryl methyl sites for hydroxylation is 1. The smallest absolute Gasteiger partial charge is 0.318 e. The van der Waals surface area contributed by atoms with Crippen LogP contribution in [-0.4, -0.2) is 21.7 Å². The number of rotatable bonds is 5. The van der Waals surface area contributed by atoms with Gasteiger partial charge in [0, 0.05) is 12.2 Å². The van der Waals surface area contributed by atoms with Crippen molar-refractivity contribution in [3.63, 3.8) is 0 Å². The van der Waals surface area contributed by atoms with E-state index in [9.17, 15) is 0 Å². The molecule has 0 unspecified atom stereocenters. The summed E-state index contributed by atoms with van der Waals surface area (Å²) in [5, 5.41) is 7.84. The van der Waals surface area contributed by atoms with Crippen molar-refractivity contribution in [2.24, 2.45) is 5.73 Å². The van der Waals surface area contributed by atoms with E-state index in [0.717, 1.165) is 17.9 Å². The van der Waals surface area contributed by atoms with E-state index < -0.39 is 0 Å². The van der Waals surface area contributed by atoms with Crippen LogP contribution >= 0.6 is 0 Å². The zero-order valence-electron chi connectivity index (χ0n) is 10.6. The van der Waals surface area contributed by atoms with Gasteiger partial charge in [-0.15, -0.1) is 5.10 Å². The van der Waals surface area contributed by atoms with Gasteiger partial charge < -0.3 is 15.1 Å². The predicted molar refractivity (Wildman–Crippen MR) is 67.9 cm³/mol. The van der Waals surface area contributed by atoms with Crippen molar-refractivity contribution >= 4 is 6.01 Å². The van der Waals surface area contributed by atoms with Crippen LogP contribution < -0.4 is 10.6 Å². The fourth-order valence-corrected chi connectivity index (χ4v) is 1.65. The molecule has 6 heteroatoms. The minimum Gasteiger partial charge on any atom is -0.407 e. The first-order valence-corrected chi connectivity index (χ1v) is 5.93. The predicted octanol–water partition coefficient (Wildman–Crippen LogP) is 1.26. The van der Waals surface area contributed by atoms with Crippen molar-refractivity contribution in [1.29, 1.82) is 0 Å². The second-order valence-corrected chi connectivity index (χ2v) is 3.97. The quantitative estimate of drug-likeness (QED) is 0.856. The van der Waals surface area contributed by atoms with Crippen LogP contribution in [0.2, 0.25) is 0 Å². The molecule has 0 saturated heterocycles. The molecule has 2 aromatic heterocycles. The number of hydrogen-bond acceptors (Lipinski definition) is 6. The van der Waals surface area contributed by atoms with Crippen LogP contribution in [0.3, 0.4) is 0 Å². The van der Waals surface area contributed by atoms with Crippen LogP contribution in [-0.2, 0) is 13.1 Å². The second kappa shape index (κ2) is 5.59. The van der Waals surface area contributed by atoms with E-state index in [2.05, 4.69) is 15.2 Å². The lowest BCUT2D eigenvalue weighted by Gasteiger charge is -2.17. The third kappa shape index (κ3) is 2.84. The molecular weight excluding hydrogens is 230 g/mol. The molecule has 0 aliphatic heterocycles. The average molecular weight is 247 g/mol. The summed E-state index contributed by atoms with van der Waals surface area (Å²) in [5.74, 6) is 0.445. The maximum Gasteiger partial charge on any atom is 0.318 e. The molecule has 2 aromatic rings. The van der Waals surface area contributed by atoms with Gasteiger partial charge in [0.1, 0.15) is 0 Å². The Kier molecular flexibility index (Phi) is 3.88. The standard InChI is InChI=1S/C12H17N5O/c1-3-17(12-16-15-11(7-13)18-12)8-10-6-4-5-9(2)14-10/h4-6H,3,7-8,13H2,1-2H3. The lowest BCUT2D eigenvalue weighted by molar-refractivity contribution is 0.484. The van der Waals surface area contributed by atoms with E-state index in [4.69, 9.17) is 10.2 Å². The van der Waals surface area contributed by atoms with E-state index in [1.807, 2.05) is 36.9 Å². The van der Waals surface area contributed by atoms with Crippen molar-refractivity contribution in [3.05, 3.63) is 35.5 Å². The minimum absolute atomic E-state index is 0.257. The van der Waals surface area contributed by atoms with Crippen LogP contribution in [0.15, 0.2) is 22.6 Å². The SMILES string of the molecule is CCN(Cc1cccc(C)n1)c1nnc(CN)o1. The molecule has 0 amide bonds. The Morgan fingerprint density at radius 2 is 2.17 bits per heavy atom. The maximum absolute atomic E-state index is 5.45. The van der Waals surface area contributed by atoms with Crippen molar-refractivity contribution in [2.45, 2.75) is 26.9 Å². The molecule has 0 aliphatic carbocycles. The van der Waals surface area contributed by atoms with Gasteiger partial charge in [-0.05, 0) is 26.0 Å². The van der Waals surface area contributed by atoms with Gasteiger partial charge in [-0.3, -0.25) is 4.98 Å². The molecule has 96 valence electrons. The summed E-state index contributed by atoms with van der Waals surface area (Å²) >= 11 is 0. The van der Waals surface area contributed by atoms with Crippen molar-refractivity contribution in [3.8, 4) is 0 Å². The van der Waals surface area contributed by atoms with E-state index in [1.54, 1.807) is 0 Å². The molecule has 0 fully saturated rings. The van der Waals surface area contributed by atoms with Gasteiger partial charge in [0.15, 0.2) is 0 Å². The summed E-state index contributed by atoms with van der Waals surface area (Å²) in [6.07, 6.45) is 0. The molecule has 2 heterocycles. The molecule has 0 spiro atoms. The van der Waals surface area contributed by atoms with Gasteiger partial charge in [0.2, 0.25) is 5.89 Å². The molecule has 2 N–H and O–H groups in total. The lowest BCUT2D eigenvalue weighted by atomic mass is 10.3. The van der Waals surface area contributed by atoms with Crippen molar-refractivity contribution < 1.29 is 4.42 Å². The first-order chi connectivity index (χ1) is 8.72. The van der Waals surface area contributed by atoms with E-state index in [-0.39, 0.29) is 6.54 Å². The molecule has 18 heavy (non-hydrogen) atoms. The van der Waals surface area contributed by atoms with E-state index >= 15 is 0 Å². The molecule has 2 rings (SSSR count). The van der Waals surface area contributed by atoms with E-state index in [1.165, 1.54) is 0 Å². The number of aromatic nitrogens is 3. The molecule has 0 aromatic carbocycles. The van der Waals surface area contributed by atoms with Crippen LogP contribution in [0.25, 0.3) is 0 Å². The maximum atomic E-state index is 5.45. The Morgan fingerprint density at radius 3 is 2.78 bits per heavy atom. The Morgan fingerprint density at radius 1 is 1.33 bits per heavy atom. The summed E-state index contributed by atoms with van der Waals surface area (Å²) in [4.78, 5) is 6.42. The van der Waals surface area contributed by atoms with E-state index in [0.29, 0.717) is 18.5 Å². The first-order valence-electron chi connectivity index (χ1n) is 5.93. The summed E-state index contributed by atoms with van der Waals surface area (Å²) in [6, 6.07) is 6.43. The second-order valence-electron chi connectivity index (χ2n) is 3.97. The number of nitrogens with zero attached hydrogens (tertiary/aromatic N) is 4. The normalized spacial score (nSPS) is 10.6. The van der Waals surface area contributed by atoms with Gasteiger partial charge in [-0.25, -0.2) is 0 Å². The summed E-state index contributed by atoms with van der Waals surface area (Å²) < 4.78 is 5.44. The highest BCUT2D eigenvalue weighted by atomic mass is 16.4. The third-order valence-corrected chi connectivity index (χ3v) is 2.58. The Labute approximate surface area is 106 Å². The van der Waals surface area contributed by atoms with Crippen LogP contribution in [0.5, 0.6) is 0 Å². The number of anilines is 1. The Hall–Kier alpha value is -1.95. The summed E-state index contributed by atoms with van der Waals surface area (Å²) in [7, 11) is 0. The largest absolute Gasteiger partial charge is 0.407 e. The summed E-state index contributed by atoms with van der Waals surface area (Å²) in [5.41, 5.74) is 7.42. The third-order valence-electron chi connectivity index (χ3n) is 2.58. The molecule has 0 bridgehead atoms. The highest BCUT2D eigenvalue weighted by Crippen LogP contribution is 2.14. The molecular formula is C12H17N5O. The topological polar surface area (TPSA) is 81.1 Å². The van der Waals surface area contributed by atoms with Gasteiger partial charge >= 0.3 is 6.01 Å². The minimum atomic E-state index is 0.257. The molecule has 6 nitrogen and oxygen atoms in total. The lowest BCUT2D eigenvalue weighted by Crippen LogP contribution is -2.23. The Balaban J connectivity index is 2.14. The monoisotopic (exact) mass is 247 g/mol. The van der Waals surface area contributed by atoms with Crippen molar-refractivity contribution in [2.75, 3.05) is 11.4 Å². The molecule has 0 saturated carbocycles. The molecule has 0 aliphatic rings. The zero-order chi connectivity index (χ0) is 13.0. The first kappa shape index (κ1) is 12.5. The highest BCUT2D eigenvalue weighted by Gasteiger charge is 2.13. The number of pyridine rings is 1. The summed E-state index contributed by atoms with van der Waals surface area (Å²) in [6.45, 7) is 5.67. The van der Waals surface area contributed by atoms with Gasteiger partial charge in [0.25, 0.3) is 0 Å². The highest BCUT2D eigenvalue weighted by molar-refractivity contribution is 5.26. The van der Waals surface area contributed by atoms with Gasteiger partial charge in [-0.1, -0.05) is 11.2 Å². The number of hydrogen-bond donors (Lipinski definition) is 1. The Bertz CT molecular complexity index is 511. The van der Waals surface area contributed by atoms with Crippen molar-refractivity contribution in [1.82, 2.24) is 15.2 Å². The fourth-order valence-electron chi connectivity index (χ4n) is 1.65. The average Bonchev–Trinajstić information content (AvgIpc) is 2.84. The van der Waals surface area contributed by atoms with Gasteiger partial charge in [0.05, 0.1) is 18.8 Å².